The number of likely N-dealkylation sites (tertiary alicyclic amines) is 1. The van der Waals surface area contributed by atoms with Gasteiger partial charge in [-0.2, -0.15) is 0 Å². The Kier molecular flexibility index (Phi) is 6.58. The fourth-order valence-electron chi connectivity index (χ4n) is 4.53. The number of amides is 1. The van der Waals surface area contributed by atoms with Crippen LogP contribution in [-0.2, 0) is 4.79 Å². The first-order valence-corrected chi connectivity index (χ1v) is 11.2. The van der Waals surface area contributed by atoms with Crippen LogP contribution >= 0.6 is 0 Å². The van der Waals surface area contributed by atoms with Crippen LogP contribution in [0, 0.1) is 0 Å². The molecule has 33 heavy (non-hydrogen) atoms. The molecule has 0 aliphatic carbocycles. The summed E-state index contributed by atoms with van der Waals surface area (Å²) in [5, 5.41) is 0.663. The molecule has 0 radical (unpaired) electrons. The van der Waals surface area contributed by atoms with E-state index < -0.39 is 5.63 Å². The van der Waals surface area contributed by atoms with E-state index in [4.69, 9.17) is 13.9 Å². The van der Waals surface area contributed by atoms with Gasteiger partial charge in [-0.15, -0.1) is 0 Å². The monoisotopic (exact) mass is 450 g/mol. The average Bonchev–Trinajstić information content (AvgIpc) is 3.37. The number of rotatable bonds is 7. The van der Waals surface area contributed by atoms with Crippen molar-refractivity contribution in [2.24, 2.45) is 0 Å². The van der Waals surface area contributed by atoms with Crippen LogP contribution in [0.5, 0.6) is 11.5 Å². The molecule has 2 aromatic carbocycles. The predicted octanol–water partition coefficient (Wildman–Crippen LogP) is 4.02. The summed E-state index contributed by atoms with van der Waals surface area (Å²) in [6.45, 7) is 1.56. The Bertz CT molecular complexity index is 1190. The van der Waals surface area contributed by atoms with E-state index >= 15 is 0 Å². The van der Waals surface area contributed by atoms with E-state index in [1.807, 2.05) is 48.2 Å². The minimum Gasteiger partial charge on any atom is -0.496 e. The SMILES string of the molecule is COc1cc(OC)c2ccc(=O)oc2c1[C@H](CC(=O)N1CCCC1)c1ccc(N(C)C)cc1. The largest absolute Gasteiger partial charge is 0.496 e. The maximum Gasteiger partial charge on any atom is 0.336 e. The van der Waals surface area contributed by atoms with Gasteiger partial charge < -0.3 is 23.7 Å². The van der Waals surface area contributed by atoms with Crippen LogP contribution in [0.25, 0.3) is 11.0 Å². The van der Waals surface area contributed by atoms with Gasteiger partial charge >= 0.3 is 5.63 Å². The van der Waals surface area contributed by atoms with Crippen molar-refractivity contribution in [1.82, 2.24) is 4.90 Å². The molecule has 7 nitrogen and oxygen atoms in total. The molecular formula is C26H30N2O5. The van der Waals surface area contributed by atoms with Crippen LogP contribution in [0.1, 0.15) is 36.3 Å². The fraction of sp³-hybridized carbons (Fsp3) is 0.385. The average molecular weight is 451 g/mol. The van der Waals surface area contributed by atoms with Crippen molar-refractivity contribution < 1.29 is 18.7 Å². The highest BCUT2D eigenvalue weighted by molar-refractivity contribution is 5.90. The second-order valence-corrected chi connectivity index (χ2v) is 8.52. The van der Waals surface area contributed by atoms with Crippen molar-refractivity contribution >= 4 is 22.6 Å². The molecule has 0 spiro atoms. The zero-order chi connectivity index (χ0) is 23.5. The first kappa shape index (κ1) is 22.7. The van der Waals surface area contributed by atoms with E-state index in [0.717, 1.165) is 37.2 Å². The molecule has 1 fully saturated rings. The minimum absolute atomic E-state index is 0.0819. The van der Waals surface area contributed by atoms with Crippen molar-refractivity contribution in [1.29, 1.82) is 0 Å². The molecule has 2 heterocycles. The summed E-state index contributed by atoms with van der Waals surface area (Å²) in [5.41, 5.74) is 2.60. The molecular weight excluding hydrogens is 420 g/mol. The summed E-state index contributed by atoms with van der Waals surface area (Å²) >= 11 is 0. The van der Waals surface area contributed by atoms with E-state index in [1.54, 1.807) is 26.4 Å². The van der Waals surface area contributed by atoms with E-state index in [1.165, 1.54) is 6.07 Å². The maximum atomic E-state index is 13.3. The number of benzene rings is 2. The van der Waals surface area contributed by atoms with Crippen LogP contribution in [-0.4, -0.2) is 52.2 Å². The molecule has 0 unspecified atom stereocenters. The number of ether oxygens (including phenoxy) is 2. The van der Waals surface area contributed by atoms with E-state index in [9.17, 15) is 9.59 Å². The summed E-state index contributed by atoms with van der Waals surface area (Å²) in [7, 11) is 7.10. The van der Waals surface area contributed by atoms with Crippen LogP contribution in [0.4, 0.5) is 5.69 Å². The second kappa shape index (κ2) is 9.57. The van der Waals surface area contributed by atoms with Gasteiger partial charge in [-0.3, -0.25) is 4.79 Å². The Morgan fingerprint density at radius 1 is 1.03 bits per heavy atom. The lowest BCUT2D eigenvalue weighted by Gasteiger charge is -2.25. The topological polar surface area (TPSA) is 72.2 Å². The highest BCUT2D eigenvalue weighted by atomic mass is 16.5. The number of anilines is 1. The van der Waals surface area contributed by atoms with Gasteiger partial charge in [-0.05, 0) is 36.6 Å². The number of hydrogen-bond acceptors (Lipinski definition) is 6. The van der Waals surface area contributed by atoms with E-state index in [2.05, 4.69) is 0 Å². The first-order chi connectivity index (χ1) is 15.9. The quantitative estimate of drug-likeness (QED) is 0.507. The third-order valence-electron chi connectivity index (χ3n) is 6.31. The first-order valence-electron chi connectivity index (χ1n) is 11.2. The lowest BCUT2D eigenvalue weighted by Crippen LogP contribution is -2.29. The molecule has 1 atom stereocenters. The Morgan fingerprint density at radius 2 is 1.70 bits per heavy atom. The molecule has 1 aromatic heterocycles. The van der Waals surface area contributed by atoms with Gasteiger partial charge in [0.2, 0.25) is 5.91 Å². The number of hydrogen-bond donors (Lipinski definition) is 0. The second-order valence-electron chi connectivity index (χ2n) is 8.52. The predicted molar refractivity (Wildman–Crippen MR) is 129 cm³/mol. The van der Waals surface area contributed by atoms with Crippen molar-refractivity contribution in [2.75, 3.05) is 46.3 Å². The molecule has 4 rings (SSSR count). The smallest absolute Gasteiger partial charge is 0.336 e. The van der Waals surface area contributed by atoms with Crippen molar-refractivity contribution in [3.8, 4) is 11.5 Å². The minimum atomic E-state index is -0.466. The Labute approximate surface area is 193 Å². The summed E-state index contributed by atoms with van der Waals surface area (Å²) in [4.78, 5) is 29.4. The number of methoxy groups -OCH3 is 2. The lowest BCUT2D eigenvalue weighted by molar-refractivity contribution is -0.130. The summed E-state index contributed by atoms with van der Waals surface area (Å²) in [6, 6.07) is 12.9. The third kappa shape index (κ3) is 4.53. The summed E-state index contributed by atoms with van der Waals surface area (Å²) < 4.78 is 17.0. The zero-order valence-corrected chi connectivity index (χ0v) is 19.6. The van der Waals surface area contributed by atoms with Gasteiger partial charge in [0, 0.05) is 62.9 Å². The standard InChI is InChI=1S/C26H30N2O5/c1-27(2)18-9-7-17(8-10-18)20(15-23(29)28-13-5-6-14-28)25-22(32-4)16-21(31-3)19-11-12-24(30)33-26(19)25/h7-12,16,20H,5-6,13-15H2,1-4H3/t20-/m1/s1. The van der Waals surface area contributed by atoms with E-state index in [0.29, 0.717) is 28.0 Å². The highest BCUT2D eigenvalue weighted by Gasteiger charge is 2.30. The molecule has 3 aromatic rings. The Hall–Kier alpha value is -3.48. The molecule has 0 bridgehead atoms. The molecule has 1 amide bonds. The zero-order valence-electron chi connectivity index (χ0n) is 19.6. The maximum absolute atomic E-state index is 13.3. The molecule has 7 heteroatoms. The number of nitrogens with zero attached hydrogens (tertiary/aromatic N) is 2. The molecule has 174 valence electrons. The lowest BCUT2D eigenvalue weighted by atomic mass is 9.86. The van der Waals surface area contributed by atoms with Gasteiger partial charge in [0.15, 0.2) is 0 Å². The normalized spacial score (nSPS) is 14.4. The van der Waals surface area contributed by atoms with Gasteiger partial charge in [-0.1, -0.05) is 12.1 Å². The Balaban J connectivity index is 1.91. The van der Waals surface area contributed by atoms with Gasteiger partial charge in [0.1, 0.15) is 17.1 Å². The Morgan fingerprint density at radius 3 is 2.30 bits per heavy atom. The molecule has 1 aliphatic heterocycles. The van der Waals surface area contributed by atoms with Crippen molar-refractivity contribution in [2.45, 2.75) is 25.2 Å². The molecule has 0 N–H and O–H groups in total. The number of carbonyl (C=O) groups is 1. The van der Waals surface area contributed by atoms with Gasteiger partial charge in [0.25, 0.3) is 0 Å². The third-order valence-corrected chi connectivity index (χ3v) is 6.31. The summed E-state index contributed by atoms with van der Waals surface area (Å²) in [6.07, 6.45) is 2.30. The van der Waals surface area contributed by atoms with Gasteiger partial charge in [-0.25, -0.2) is 4.79 Å². The van der Waals surface area contributed by atoms with Crippen LogP contribution < -0.4 is 20.0 Å². The molecule has 1 aliphatic rings. The molecule has 0 saturated carbocycles. The number of fused-ring (bicyclic) bond motifs is 1. The number of carbonyl (C=O) groups excluding carboxylic acids is 1. The van der Waals surface area contributed by atoms with E-state index in [-0.39, 0.29) is 18.2 Å². The highest BCUT2D eigenvalue weighted by Crippen LogP contribution is 2.43. The van der Waals surface area contributed by atoms with Crippen LogP contribution in [0.3, 0.4) is 0 Å². The fourth-order valence-corrected chi connectivity index (χ4v) is 4.53. The van der Waals surface area contributed by atoms with Gasteiger partial charge in [0.05, 0.1) is 19.6 Å². The van der Waals surface area contributed by atoms with Crippen molar-refractivity contribution in [3.63, 3.8) is 0 Å². The van der Waals surface area contributed by atoms with Crippen molar-refractivity contribution in [3.05, 3.63) is 64.0 Å². The molecule has 1 saturated heterocycles. The summed E-state index contributed by atoms with van der Waals surface area (Å²) in [5.74, 6) is 0.785. The van der Waals surface area contributed by atoms with Crippen LogP contribution in [0.2, 0.25) is 0 Å². The van der Waals surface area contributed by atoms with Crippen LogP contribution in [0.15, 0.2) is 51.7 Å².